The molecule has 4 unspecified atom stereocenters. The summed E-state index contributed by atoms with van der Waals surface area (Å²) < 4.78 is 11.1. The number of ether oxygens (including phenoxy) is 2. The van der Waals surface area contributed by atoms with E-state index in [9.17, 15) is 48.7 Å². The fourth-order valence-corrected chi connectivity index (χ4v) is 7.54. The lowest BCUT2D eigenvalue weighted by Gasteiger charge is -2.39. The molecule has 7 N–H and O–H groups in total. The summed E-state index contributed by atoms with van der Waals surface area (Å²) in [6.07, 6.45) is 0.499. The zero-order valence-electron chi connectivity index (χ0n) is 32.7. The van der Waals surface area contributed by atoms with Crippen LogP contribution < -0.4 is 21.5 Å². The molecule has 5 rings (SSSR count). The van der Waals surface area contributed by atoms with Crippen LogP contribution >= 0.6 is 0 Å². The molecule has 4 fully saturated rings. The zero-order chi connectivity index (χ0) is 41.8. The molecule has 6 atom stereocenters. The minimum atomic E-state index is -1.65. The molecule has 21 nitrogen and oxygen atoms in total. The molecule has 4 saturated heterocycles. The molecule has 4 aliphatic rings. The molecule has 0 saturated carbocycles. The van der Waals surface area contributed by atoms with Crippen LogP contribution in [0.5, 0.6) is 0 Å². The predicted molar refractivity (Wildman–Crippen MR) is 205 cm³/mol. The second-order valence-electron chi connectivity index (χ2n) is 15.1. The maximum atomic E-state index is 13.0. The van der Waals surface area contributed by atoms with Crippen LogP contribution in [0.25, 0.3) is 0 Å². The van der Waals surface area contributed by atoms with Gasteiger partial charge in [0.2, 0.25) is 17.7 Å². The van der Waals surface area contributed by atoms with Crippen LogP contribution in [0.3, 0.4) is 0 Å². The Hall–Kier alpha value is -4.87. The van der Waals surface area contributed by atoms with Gasteiger partial charge in [-0.2, -0.15) is 0 Å². The number of amides is 4. The van der Waals surface area contributed by atoms with Gasteiger partial charge in [0.05, 0.1) is 37.8 Å². The summed E-state index contributed by atoms with van der Waals surface area (Å²) in [6.45, 7) is 4.90. The number of fused-ring (bicyclic) bond motifs is 4. The van der Waals surface area contributed by atoms with Crippen LogP contribution in [0.2, 0.25) is 0 Å². The van der Waals surface area contributed by atoms with E-state index in [-0.39, 0.29) is 69.6 Å². The van der Waals surface area contributed by atoms with Crippen LogP contribution in [0.1, 0.15) is 43.0 Å². The third-order valence-electron chi connectivity index (χ3n) is 10.4. The van der Waals surface area contributed by atoms with Crippen LogP contribution in [-0.4, -0.2) is 204 Å². The molecule has 58 heavy (non-hydrogen) atoms. The number of nitrogens with one attached hydrogen (secondary N) is 4. The Morgan fingerprint density at radius 1 is 0.828 bits per heavy atom. The van der Waals surface area contributed by atoms with E-state index in [0.717, 1.165) is 0 Å². The third-order valence-corrected chi connectivity index (χ3v) is 10.4. The molecule has 0 aromatic heterocycles. The number of rotatable bonds is 14. The number of aliphatic carboxylic acids is 1. The first-order valence-corrected chi connectivity index (χ1v) is 19.6. The average molecular weight is 816 g/mol. The average Bonchev–Trinajstić information content (AvgIpc) is 3.67. The van der Waals surface area contributed by atoms with E-state index in [2.05, 4.69) is 21.5 Å². The van der Waals surface area contributed by atoms with Crippen molar-refractivity contribution in [2.24, 2.45) is 0 Å². The standard InChI is InChI=1S/C36H54BN9O12/c1-24(36(54)46-11-3-4-29(46)37(55)56)39-35(53)25-6-8-26(9-7-25)40-41-30(47)5-2-10-38-31(48)20-42-12-14-44-19-28(58-34(52)22-44)17-43(21-32(49)50)13-15-45-18-27(16-42)57-33(51)23-45/h6-9,24,27-29,40,55-56H,2-5,10-23H2,1H3,(H,38,48)(H,39,53)(H,41,47)(H,49,50)/t24-,27?,28?,29+/m1/s1. The molecular weight excluding hydrogens is 761 g/mol. The highest BCUT2D eigenvalue weighted by atomic mass is 16.6. The molecule has 1 aromatic carbocycles. The number of carboxylic acids is 1. The number of hydrazine groups is 1. The molecule has 0 spiro atoms. The Labute approximate surface area is 336 Å². The molecule has 4 amide bonds. The zero-order valence-corrected chi connectivity index (χ0v) is 32.7. The number of carbonyl (C=O) groups is 7. The maximum Gasteiger partial charge on any atom is 0.475 e. The number of morpholine rings is 2. The summed E-state index contributed by atoms with van der Waals surface area (Å²) in [6, 6.07) is 5.33. The van der Waals surface area contributed by atoms with E-state index in [1.54, 1.807) is 17.0 Å². The lowest BCUT2D eigenvalue weighted by atomic mass is 9.78. The van der Waals surface area contributed by atoms with Crippen LogP contribution in [0, 0.1) is 0 Å². The largest absolute Gasteiger partial charge is 0.480 e. The third kappa shape index (κ3) is 13.6. The normalized spacial score (nSPS) is 24.9. The van der Waals surface area contributed by atoms with Crippen molar-refractivity contribution in [2.45, 2.75) is 56.8 Å². The summed E-state index contributed by atoms with van der Waals surface area (Å²) in [5.74, 6) is -4.03. The van der Waals surface area contributed by atoms with Crippen LogP contribution in [-0.2, 0) is 38.2 Å². The number of hydrogen-bond donors (Lipinski definition) is 7. The Morgan fingerprint density at radius 3 is 2.02 bits per heavy atom. The fraction of sp³-hybridized carbons (Fsp3) is 0.639. The van der Waals surface area contributed by atoms with Gasteiger partial charge in [-0.3, -0.25) is 64.0 Å². The van der Waals surface area contributed by atoms with Gasteiger partial charge < -0.3 is 40.2 Å². The summed E-state index contributed by atoms with van der Waals surface area (Å²) >= 11 is 0. The van der Waals surface area contributed by atoms with Crippen molar-refractivity contribution < 1.29 is 58.2 Å². The highest BCUT2D eigenvalue weighted by Gasteiger charge is 2.39. The molecule has 318 valence electrons. The van der Waals surface area contributed by atoms with E-state index < -0.39 is 61.0 Å². The smallest absolute Gasteiger partial charge is 0.475 e. The minimum Gasteiger partial charge on any atom is -0.480 e. The number of likely N-dealkylation sites (tertiary alicyclic amines) is 1. The predicted octanol–water partition coefficient (Wildman–Crippen LogP) is -3.70. The lowest BCUT2D eigenvalue weighted by molar-refractivity contribution is -0.164. The topological polar surface area (TPSA) is 263 Å². The molecule has 4 aliphatic heterocycles. The van der Waals surface area contributed by atoms with Crippen LogP contribution in [0.4, 0.5) is 5.69 Å². The number of carbonyl (C=O) groups excluding carboxylic acids is 6. The number of hydrogen-bond acceptors (Lipinski definition) is 16. The van der Waals surface area contributed by atoms with Crippen molar-refractivity contribution in [3.05, 3.63) is 29.8 Å². The Kier molecular flexibility index (Phi) is 16.2. The molecule has 0 aliphatic carbocycles. The van der Waals surface area contributed by atoms with Crippen molar-refractivity contribution in [3.63, 3.8) is 0 Å². The second-order valence-corrected chi connectivity index (χ2v) is 15.1. The highest BCUT2D eigenvalue weighted by Crippen LogP contribution is 2.19. The van der Waals surface area contributed by atoms with Gasteiger partial charge in [0, 0.05) is 77.4 Å². The van der Waals surface area contributed by atoms with E-state index in [0.29, 0.717) is 70.8 Å². The number of nitrogens with zero attached hydrogens (tertiary/aromatic N) is 5. The van der Waals surface area contributed by atoms with Gasteiger partial charge in [0.1, 0.15) is 18.2 Å². The number of anilines is 1. The fourth-order valence-electron chi connectivity index (χ4n) is 7.54. The monoisotopic (exact) mass is 815 g/mol. The summed E-state index contributed by atoms with van der Waals surface area (Å²) in [7, 11) is -1.65. The molecule has 0 radical (unpaired) electrons. The summed E-state index contributed by atoms with van der Waals surface area (Å²) in [5, 5.41) is 34.0. The van der Waals surface area contributed by atoms with Crippen molar-refractivity contribution in [2.75, 3.05) is 97.1 Å². The Morgan fingerprint density at radius 2 is 1.43 bits per heavy atom. The van der Waals surface area contributed by atoms with Crippen molar-refractivity contribution in [1.29, 1.82) is 0 Å². The van der Waals surface area contributed by atoms with Crippen LogP contribution in [0.15, 0.2) is 24.3 Å². The summed E-state index contributed by atoms with van der Waals surface area (Å²) in [5.41, 5.74) is 6.14. The van der Waals surface area contributed by atoms with Gasteiger partial charge in [-0.15, -0.1) is 0 Å². The molecular formula is C36H54BN9O12. The van der Waals surface area contributed by atoms with Gasteiger partial charge in [0.15, 0.2) is 0 Å². The lowest BCUT2D eigenvalue weighted by Crippen LogP contribution is -2.56. The maximum absolute atomic E-state index is 13.0. The SMILES string of the molecule is C[C@@H](NC(=O)c1ccc(NNC(=O)CCCNC(=O)CN2CCN3CC(=O)OC(CN(CC(=O)O)CCN4CC(=O)OC(C2)C4)C3)cc1)C(=O)N1CCC[C@H]1B(O)O. The first kappa shape index (κ1) is 44.2. The van der Waals surface area contributed by atoms with Gasteiger partial charge in [-0.25, -0.2) is 0 Å². The Bertz CT molecular complexity index is 1640. The first-order valence-electron chi connectivity index (χ1n) is 19.6. The summed E-state index contributed by atoms with van der Waals surface area (Å²) in [4.78, 5) is 96.3. The number of benzene rings is 1. The van der Waals surface area contributed by atoms with E-state index in [4.69, 9.17) is 9.47 Å². The minimum absolute atomic E-state index is 0.00803. The number of esters is 2. The van der Waals surface area contributed by atoms with Gasteiger partial charge >= 0.3 is 25.0 Å². The van der Waals surface area contributed by atoms with Gasteiger partial charge in [0.25, 0.3) is 5.91 Å². The Balaban J connectivity index is 1.03. The van der Waals surface area contributed by atoms with Crippen molar-refractivity contribution in [3.8, 4) is 0 Å². The van der Waals surface area contributed by atoms with Crippen molar-refractivity contribution in [1.82, 2.24) is 40.6 Å². The van der Waals surface area contributed by atoms with Crippen molar-refractivity contribution >= 4 is 54.3 Å². The highest BCUT2D eigenvalue weighted by molar-refractivity contribution is 6.43. The van der Waals surface area contributed by atoms with E-state index in [1.165, 1.54) is 24.0 Å². The molecule has 1 aromatic rings. The van der Waals surface area contributed by atoms with E-state index in [1.807, 2.05) is 14.7 Å². The quantitative estimate of drug-likeness (QED) is 0.0413. The molecule has 4 heterocycles. The first-order chi connectivity index (χ1) is 27.7. The second kappa shape index (κ2) is 21.2. The molecule has 4 bridgehead atoms. The number of carboxylic acid groups (broad SMARTS) is 1. The van der Waals surface area contributed by atoms with Gasteiger partial charge in [-0.05, 0) is 50.5 Å². The van der Waals surface area contributed by atoms with Gasteiger partial charge in [-0.1, -0.05) is 0 Å². The molecule has 22 heteroatoms. The van der Waals surface area contributed by atoms with E-state index >= 15 is 0 Å².